The number of pyridine rings is 1. The van der Waals surface area contributed by atoms with Crippen LogP contribution in [0.2, 0.25) is 0 Å². The van der Waals surface area contributed by atoms with Crippen LogP contribution in [0.15, 0.2) is 18.3 Å². The van der Waals surface area contributed by atoms with E-state index in [1.54, 1.807) is 30.3 Å². The third-order valence-electron chi connectivity index (χ3n) is 2.93. The summed E-state index contributed by atoms with van der Waals surface area (Å²) in [7, 11) is 3.19. The van der Waals surface area contributed by atoms with Crippen molar-refractivity contribution < 1.29 is 14.3 Å². The average molecular weight is 249 g/mol. The van der Waals surface area contributed by atoms with Gasteiger partial charge in [-0.1, -0.05) is 0 Å². The summed E-state index contributed by atoms with van der Waals surface area (Å²) in [4.78, 5) is 28.9. The van der Waals surface area contributed by atoms with Crippen molar-refractivity contribution in [3.05, 3.63) is 18.3 Å². The molecule has 0 bridgehead atoms. The Hall–Kier alpha value is -2.11. The lowest BCUT2D eigenvalue weighted by Crippen LogP contribution is -2.26. The van der Waals surface area contributed by atoms with Crippen molar-refractivity contribution in [2.24, 2.45) is 5.92 Å². The van der Waals surface area contributed by atoms with Crippen LogP contribution in [0, 0.1) is 5.92 Å². The highest BCUT2D eigenvalue weighted by Gasteiger charge is 2.32. The second-order valence-corrected chi connectivity index (χ2v) is 4.22. The van der Waals surface area contributed by atoms with Gasteiger partial charge >= 0.3 is 0 Å². The van der Waals surface area contributed by atoms with E-state index < -0.39 is 0 Å². The molecule has 0 radical (unpaired) electrons. The number of rotatable bonds is 3. The topological polar surface area (TPSA) is 71.5 Å². The Balaban J connectivity index is 2.06. The molecule has 2 heterocycles. The zero-order valence-electron chi connectivity index (χ0n) is 10.3. The number of carbonyl (C=O) groups is 2. The predicted molar refractivity (Wildman–Crippen MR) is 65.2 cm³/mol. The quantitative estimate of drug-likeness (QED) is 0.847. The van der Waals surface area contributed by atoms with Crippen molar-refractivity contribution >= 4 is 17.5 Å². The maximum Gasteiger partial charge on any atom is 0.237 e. The van der Waals surface area contributed by atoms with E-state index >= 15 is 0 Å². The lowest BCUT2D eigenvalue weighted by atomic mass is 10.1. The Morgan fingerprint density at radius 2 is 2.39 bits per heavy atom. The Morgan fingerprint density at radius 3 is 3.00 bits per heavy atom. The minimum atomic E-state index is -0.313. The average Bonchev–Trinajstić information content (AvgIpc) is 2.70. The number of aromatic nitrogens is 1. The third-order valence-corrected chi connectivity index (χ3v) is 2.93. The van der Waals surface area contributed by atoms with Gasteiger partial charge in [-0.2, -0.15) is 0 Å². The van der Waals surface area contributed by atoms with E-state index in [2.05, 4.69) is 10.3 Å². The van der Waals surface area contributed by atoms with Crippen molar-refractivity contribution in [2.75, 3.05) is 26.0 Å². The summed E-state index contributed by atoms with van der Waals surface area (Å²) in [6.45, 7) is 0.452. The molecule has 1 aromatic heterocycles. The molecule has 0 spiro atoms. The number of anilines is 1. The van der Waals surface area contributed by atoms with Gasteiger partial charge in [0.15, 0.2) is 0 Å². The lowest BCUT2D eigenvalue weighted by molar-refractivity contribution is -0.127. The highest BCUT2D eigenvalue weighted by molar-refractivity contribution is 5.97. The molecular weight excluding hydrogens is 234 g/mol. The van der Waals surface area contributed by atoms with Gasteiger partial charge in [-0.15, -0.1) is 0 Å². The molecule has 18 heavy (non-hydrogen) atoms. The minimum Gasteiger partial charge on any atom is -0.480 e. The van der Waals surface area contributed by atoms with Crippen LogP contribution >= 0.6 is 0 Å². The molecule has 0 aromatic carbocycles. The molecule has 1 N–H and O–H groups in total. The summed E-state index contributed by atoms with van der Waals surface area (Å²) in [5.74, 6) is -0.136. The van der Waals surface area contributed by atoms with E-state index in [1.165, 1.54) is 7.11 Å². The molecule has 2 amide bonds. The third kappa shape index (κ3) is 2.42. The van der Waals surface area contributed by atoms with Crippen LogP contribution in [0.1, 0.15) is 6.42 Å². The predicted octanol–water partition coefficient (Wildman–Crippen LogP) is 0.507. The summed E-state index contributed by atoms with van der Waals surface area (Å²) < 4.78 is 5.05. The summed E-state index contributed by atoms with van der Waals surface area (Å²) in [5.41, 5.74) is 0.520. The minimum absolute atomic E-state index is 0.00620. The number of carbonyl (C=O) groups excluding carboxylic acids is 2. The summed E-state index contributed by atoms with van der Waals surface area (Å²) in [6, 6.07) is 3.42. The maximum absolute atomic E-state index is 12.0. The molecular formula is C12H15N3O3. The Bertz CT molecular complexity index is 475. The number of methoxy groups -OCH3 is 1. The van der Waals surface area contributed by atoms with Gasteiger partial charge < -0.3 is 15.0 Å². The monoisotopic (exact) mass is 249 g/mol. The first-order chi connectivity index (χ1) is 8.61. The van der Waals surface area contributed by atoms with Gasteiger partial charge in [0.2, 0.25) is 17.7 Å². The summed E-state index contributed by atoms with van der Waals surface area (Å²) in [6.07, 6.45) is 1.84. The number of hydrogen-bond acceptors (Lipinski definition) is 4. The largest absolute Gasteiger partial charge is 0.480 e. The fraction of sp³-hybridized carbons (Fsp3) is 0.417. The second-order valence-electron chi connectivity index (χ2n) is 4.22. The maximum atomic E-state index is 12.0. The summed E-state index contributed by atoms with van der Waals surface area (Å²) in [5, 5.41) is 2.74. The van der Waals surface area contributed by atoms with Gasteiger partial charge in [0.05, 0.1) is 13.0 Å². The van der Waals surface area contributed by atoms with Crippen LogP contribution in [0.4, 0.5) is 5.69 Å². The number of nitrogens with zero attached hydrogens (tertiary/aromatic N) is 2. The number of hydrogen-bond donors (Lipinski definition) is 1. The molecule has 1 atom stereocenters. The van der Waals surface area contributed by atoms with Gasteiger partial charge in [-0.05, 0) is 12.1 Å². The van der Waals surface area contributed by atoms with Crippen molar-refractivity contribution in [1.29, 1.82) is 0 Å². The highest BCUT2D eigenvalue weighted by Crippen LogP contribution is 2.23. The molecule has 1 aliphatic heterocycles. The zero-order valence-corrected chi connectivity index (χ0v) is 10.3. The second kappa shape index (κ2) is 5.03. The van der Waals surface area contributed by atoms with E-state index in [-0.39, 0.29) is 24.2 Å². The number of amides is 2. The van der Waals surface area contributed by atoms with E-state index in [0.29, 0.717) is 18.1 Å². The molecule has 0 unspecified atom stereocenters. The molecule has 6 heteroatoms. The smallest absolute Gasteiger partial charge is 0.237 e. The van der Waals surface area contributed by atoms with Gasteiger partial charge in [0.25, 0.3) is 0 Å². The molecule has 6 nitrogen and oxygen atoms in total. The molecule has 1 saturated heterocycles. The fourth-order valence-electron chi connectivity index (χ4n) is 1.92. The lowest BCUT2D eigenvalue weighted by Gasteiger charge is -2.12. The fourth-order valence-corrected chi connectivity index (χ4v) is 1.92. The van der Waals surface area contributed by atoms with Crippen LogP contribution in [-0.4, -0.2) is 42.4 Å². The van der Waals surface area contributed by atoms with Gasteiger partial charge in [0.1, 0.15) is 5.69 Å². The number of ether oxygens (including phenoxy) is 1. The van der Waals surface area contributed by atoms with Gasteiger partial charge in [-0.3, -0.25) is 9.59 Å². The SMILES string of the molecule is COc1ncccc1NC(=O)[C@@H]1CC(=O)N(C)C1. The molecule has 96 valence electrons. The molecule has 1 fully saturated rings. The standard InChI is InChI=1S/C12H15N3O3/c1-15-7-8(6-10(15)16)11(17)14-9-4-3-5-13-12(9)18-2/h3-5,8H,6-7H2,1-2H3,(H,14,17)/t8-/m1/s1. The van der Waals surface area contributed by atoms with Gasteiger partial charge in [0, 0.05) is 26.2 Å². The van der Waals surface area contributed by atoms with Crippen LogP contribution in [0.5, 0.6) is 5.88 Å². The van der Waals surface area contributed by atoms with Crippen molar-refractivity contribution in [3.8, 4) is 5.88 Å². The van der Waals surface area contributed by atoms with E-state index in [1.807, 2.05) is 0 Å². The number of nitrogens with one attached hydrogen (secondary N) is 1. The first-order valence-corrected chi connectivity index (χ1v) is 5.65. The van der Waals surface area contributed by atoms with E-state index in [9.17, 15) is 9.59 Å². The zero-order chi connectivity index (χ0) is 13.1. The highest BCUT2D eigenvalue weighted by atomic mass is 16.5. The normalized spacial score (nSPS) is 18.9. The van der Waals surface area contributed by atoms with Crippen LogP contribution < -0.4 is 10.1 Å². The first kappa shape index (κ1) is 12.3. The Kier molecular flexibility index (Phi) is 3.45. The van der Waals surface area contributed by atoms with Crippen LogP contribution in [-0.2, 0) is 9.59 Å². The van der Waals surface area contributed by atoms with Crippen molar-refractivity contribution in [1.82, 2.24) is 9.88 Å². The molecule has 1 aliphatic rings. The first-order valence-electron chi connectivity index (χ1n) is 5.65. The Morgan fingerprint density at radius 1 is 1.61 bits per heavy atom. The van der Waals surface area contributed by atoms with Crippen LogP contribution in [0.3, 0.4) is 0 Å². The van der Waals surface area contributed by atoms with Crippen molar-refractivity contribution in [3.63, 3.8) is 0 Å². The van der Waals surface area contributed by atoms with Gasteiger partial charge in [-0.25, -0.2) is 4.98 Å². The molecule has 0 saturated carbocycles. The number of likely N-dealkylation sites (tertiary alicyclic amines) is 1. The Labute approximate surface area is 105 Å². The van der Waals surface area contributed by atoms with E-state index in [0.717, 1.165) is 0 Å². The molecule has 0 aliphatic carbocycles. The van der Waals surface area contributed by atoms with Crippen molar-refractivity contribution in [2.45, 2.75) is 6.42 Å². The molecule has 2 rings (SSSR count). The van der Waals surface area contributed by atoms with E-state index in [4.69, 9.17) is 4.74 Å². The van der Waals surface area contributed by atoms with Crippen LogP contribution in [0.25, 0.3) is 0 Å². The summed E-state index contributed by atoms with van der Waals surface area (Å²) >= 11 is 0. The molecule has 1 aromatic rings.